The van der Waals surface area contributed by atoms with Crippen LogP contribution in [0.2, 0.25) is 0 Å². The van der Waals surface area contributed by atoms with E-state index in [1.807, 2.05) is 25.5 Å². The highest BCUT2D eigenvalue weighted by atomic mass is 32.2. The number of alkyl halides is 3. The van der Waals surface area contributed by atoms with Crippen LogP contribution in [0.15, 0.2) is 24.5 Å². The average Bonchev–Trinajstić information content (AvgIpc) is 2.93. The number of sulfonamides is 1. The molecule has 2 rings (SSSR count). The van der Waals surface area contributed by atoms with Crippen LogP contribution >= 0.6 is 0 Å². The second-order valence-electron chi connectivity index (χ2n) is 7.52. The van der Waals surface area contributed by atoms with Crippen molar-refractivity contribution in [2.24, 2.45) is 5.41 Å². The largest absolute Gasteiger partial charge is 0.417 e. The van der Waals surface area contributed by atoms with Gasteiger partial charge in [-0.25, -0.2) is 22.8 Å². The number of rotatable bonds is 5. The van der Waals surface area contributed by atoms with Crippen molar-refractivity contribution < 1.29 is 26.4 Å². The van der Waals surface area contributed by atoms with Gasteiger partial charge < -0.3 is 0 Å². The lowest BCUT2D eigenvalue weighted by molar-refractivity contribution is -0.137. The molecule has 154 valence electrons. The van der Waals surface area contributed by atoms with Crippen molar-refractivity contribution in [2.45, 2.75) is 40.3 Å². The van der Waals surface area contributed by atoms with E-state index in [0.29, 0.717) is 12.6 Å². The molecule has 0 saturated heterocycles. The standard InChI is InChI=1S/C17H21F3N4O3S/c1-11-13(15(25)23-28(26,27)8-7-16(2,3)4)10-22-24(11)14-6-5-12(9-21-14)17(18,19)20/h5-6,9-10H,7-8H2,1-4H3,(H,23,25). The Bertz CT molecular complexity index is 959. The van der Waals surface area contributed by atoms with E-state index in [9.17, 15) is 26.4 Å². The molecule has 0 atom stereocenters. The molecule has 0 unspecified atom stereocenters. The summed E-state index contributed by atoms with van der Waals surface area (Å²) in [6.07, 6.45) is -2.35. The third-order valence-electron chi connectivity index (χ3n) is 3.92. The van der Waals surface area contributed by atoms with Crippen LogP contribution in [-0.2, 0) is 16.2 Å². The first-order chi connectivity index (χ1) is 12.7. The molecule has 2 aromatic heterocycles. The zero-order chi connectivity index (χ0) is 21.3. The van der Waals surface area contributed by atoms with E-state index in [4.69, 9.17) is 0 Å². The summed E-state index contributed by atoms with van der Waals surface area (Å²) < 4.78 is 65.3. The topological polar surface area (TPSA) is 94.0 Å². The van der Waals surface area contributed by atoms with Crippen LogP contribution in [0.25, 0.3) is 5.82 Å². The number of halogens is 3. The molecule has 0 fully saturated rings. The van der Waals surface area contributed by atoms with Crippen molar-refractivity contribution in [1.82, 2.24) is 19.5 Å². The summed E-state index contributed by atoms with van der Waals surface area (Å²) in [5.41, 5.74) is -0.895. The van der Waals surface area contributed by atoms with E-state index in [0.717, 1.165) is 23.0 Å². The highest BCUT2D eigenvalue weighted by Gasteiger charge is 2.31. The van der Waals surface area contributed by atoms with E-state index in [2.05, 4.69) is 10.1 Å². The monoisotopic (exact) mass is 418 g/mol. The van der Waals surface area contributed by atoms with Gasteiger partial charge in [-0.15, -0.1) is 0 Å². The molecule has 2 heterocycles. The van der Waals surface area contributed by atoms with E-state index in [-0.39, 0.29) is 28.2 Å². The molecule has 1 amide bonds. The van der Waals surface area contributed by atoms with Crippen LogP contribution < -0.4 is 4.72 Å². The number of nitrogens with one attached hydrogen (secondary N) is 1. The van der Waals surface area contributed by atoms with Crippen molar-refractivity contribution in [1.29, 1.82) is 0 Å². The minimum atomic E-state index is -4.52. The summed E-state index contributed by atoms with van der Waals surface area (Å²) in [6.45, 7) is 7.14. The first kappa shape index (κ1) is 21.9. The molecule has 11 heteroatoms. The van der Waals surface area contributed by atoms with E-state index in [1.165, 1.54) is 6.92 Å². The summed E-state index contributed by atoms with van der Waals surface area (Å²) in [5, 5.41) is 3.93. The number of carbonyl (C=O) groups excluding carboxylic acids is 1. The average molecular weight is 418 g/mol. The lowest BCUT2D eigenvalue weighted by Gasteiger charge is -2.17. The van der Waals surface area contributed by atoms with Gasteiger partial charge in [0.15, 0.2) is 5.82 Å². The first-order valence-corrected chi connectivity index (χ1v) is 9.98. The number of amides is 1. The lowest BCUT2D eigenvalue weighted by Crippen LogP contribution is -2.34. The molecule has 0 saturated carbocycles. The van der Waals surface area contributed by atoms with Gasteiger partial charge >= 0.3 is 6.18 Å². The highest BCUT2D eigenvalue weighted by molar-refractivity contribution is 7.90. The van der Waals surface area contributed by atoms with Gasteiger partial charge in [-0.05, 0) is 30.9 Å². The van der Waals surface area contributed by atoms with Crippen molar-refractivity contribution >= 4 is 15.9 Å². The second kappa shape index (κ2) is 7.53. The molecular formula is C17H21F3N4O3S. The smallest absolute Gasteiger partial charge is 0.268 e. The zero-order valence-electron chi connectivity index (χ0n) is 15.8. The SMILES string of the molecule is Cc1c(C(=O)NS(=O)(=O)CCC(C)(C)C)cnn1-c1ccc(C(F)(F)F)cn1. The third kappa shape index (κ3) is 5.54. The van der Waals surface area contributed by atoms with Gasteiger partial charge in [0.2, 0.25) is 10.0 Å². The van der Waals surface area contributed by atoms with Gasteiger partial charge in [-0.3, -0.25) is 4.79 Å². The number of pyridine rings is 1. The molecule has 0 spiro atoms. The molecule has 28 heavy (non-hydrogen) atoms. The first-order valence-electron chi connectivity index (χ1n) is 8.33. The number of hydrogen-bond acceptors (Lipinski definition) is 5. The summed E-state index contributed by atoms with van der Waals surface area (Å²) >= 11 is 0. The van der Waals surface area contributed by atoms with Crippen LogP contribution in [0.3, 0.4) is 0 Å². The molecule has 0 aliphatic carbocycles. The fourth-order valence-electron chi connectivity index (χ4n) is 2.23. The van der Waals surface area contributed by atoms with E-state index < -0.39 is 27.7 Å². The van der Waals surface area contributed by atoms with Crippen LogP contribution in [0.1, 0.15) is 48.8 Å². The van der Waals surface area contributed by atoms with Crippen molar-refractivity contribution in [3.05, 3.63) is 41.3 Å². The summed E-state index contributed by atoms with van der Waals surface area (Å²) in [7, 11) is -3.83. The maximum absolute atomic E-state index is 12.6. The minimum absolute atomic E-state index is 0.0129. The third-order valence-corrected chi connectivity index (χ3v) is 5.15. The van der Waals surface area contributed by atoms with Gasteiger partial charge in [-0.1, -0.05) is 20.8 Å². The molecule has 0 aromatic carbocycles. The van der Waals surface area contributed by atoms with Gasteiger partial charge in [-0.2, -0.15) is 18.3 Å². The fourth-order valence-corrected chi connectivity index (χ4v) is 3.61. The van der Waals surface area contributed by atoms with Gasteiger partial charge in [0.25, 0.3) is 5.91 Å². The van der Waals surface area contributed by atoms with Crippen molar-refractivity contribution in [2.75, 3.05) is 5.75 Å². The highest BCUT2D eigenvalue weighted by Crippen LogP contribution is 2.28. The van der Waals surface area contributed by atoms with Crippen LogP contribution in [-0.4, -0.2) is 34.8 Å². The van der Waals surface area contributed by atoms with Gasteiger partial charge in [0.05, 0.1) is 28.8 Å². The van der Waals surface area contributed by atoms with Crippen LogP contribution in [0.4, 0.5) is 13.2 Å². The Kier molecular flexibility index (Phi) is 5.88. The summed E-state index contributed by atoms with van der Waals surface area (Å²) in [4.78, 5) is 16.0. The molecule has 0 radical (unpaired) electrons. The molecule has 0 bridgehead atoms. The van der Waals surface area contributed by atoms with Crippen molar-refractivity contribution in [3.8, 4) is 5.82 Å². The van der Waals surface area contributed by atoms with Gasteiger partial charge in [0, 0.05) is 6.20 Å². The Balaban J connectivity index is 2.19. The van der Waals surface area contributed by atoms with Crippen LogP contribution in [0.5, 0.6) is 0 Å². The number of aromatic nitrogens is 3. The predicted molar refractivity (Wildman–Crippen MR) is 96.4 cm³/mol. The predicted octanol–water partition coefficient (Wildman–Crippen LogP) is 3.09. The Morgan fingerprint density at radius 1 is 1.18 bits per heavy atom. The quantitative estimate of drug-likeness (QED) is 0.805. The maximum Gasteiger partial charge on any atom is 0.417 e. The molecule has 0 aliphatic rings. The number of carbonyl (C=O) groups is 1. The second-order valence-corrected chi connectivity index (χ2v) is 9.36. The van der Waals surface area contributed by atoms with Crippen molar-refractivity contribution in [3.63, 3.8) is 0 Å². The number of hydrogen-bond donors (Lipinski definition) is 1. The van der Waals surface area contributed by atoms with E-state index in [1.54, 1.807) is 0 Å². The Morgan fingerprint density at radius 3 is 2.32 bits per heavy atom. The van der Waals surface area contributed by atoms with Gasteiger partial charge in [0.1, 0.15) is 0 Å². The fraction of sp³-hybridized carbons (Fsp3) is 0.471. The summed E-state index contributed by atoms with van der Waals surface area (Å²) in [5.74, 6) is -1.000. The van der Waals surface area contributed by atoms with E-state index >= 15 is 0 Å². The Hall–Kier alpha value is -2.43. The molecule has 1 N–H and O–H groups in total. The minimum Gasteiger partial charge on any atom is -0.268 e. The zero-order valence-corrected chi connectivity index (χ0v) is 16.6. The normalized spacial score (nSPS) is 12.8. The molecule has 2 aromatic rings. The summed E-state index contributed by atoms with van der Waals surface area (Å²) in [6, 6.07) is 1.96. The Labute approximate surface area is 161 Å². The molecular weight excluding hydrogens is 397 g/mol. The lowest BCUT2D eigenvalue weighted by atomic mass is 9.94. The van der Waals surface area contributed by atoms with Crippen LogP contribution in [0, 0.1) is 12.3 Å². The molecule has 7 nitrogen and oxygen atoms in total. The Morgan fingerprint density at radius 2 is 1.82 bits per heavy atom. The number of nitrogens with zero attached hydrogens (tertiary/aromatic N) is 3. The maximum atomic E-state index is 12.6. The molecule has 0 aliphatic heterocycles.